The van der Waals surface area contributed by atoms with Gasteiger partial charge in [-0.05, 0) is 62.1 Å². The lowest BCUT2D eigenvalue weighted by molar-refractivity contribution is -0.117. The molecule has 2 aromatic carbocycles. The average molecular weight is 326 g/mol. The molecule has 1 aliphatic heterocycles. The molecule has 1 fully saturated rings. The monoisotopic (exact) mass is 326 g/mol. The molecule has 0 radical (unpaired) electrons. The van der Waals surface area contributed by atoms with Crippen molar-refractivity contribution in [2.45, 2.75) is 32.7 Å². The number of nitrogens with zero attached hydrogens (tertiary/aromatic N) is 1. The number of rotatable bonds is 4. The third-order valence-corrected chi connectivity index (χ3v) is 4.71. The second kappa shape index (κ2) is 7.14. The van der Waals surface area contributed by atoms with Crippen molar-refractivity contribution in [3.05, 3.63) is 65.0 Å². The molecule has 0 aromatic heterocycles. The van der Waals surface area contributed by atoms with Gasteiger partial charge in [0.15, 0.2) is 0 Å². The van der Waals surface area contributed by atoms with Gasteiger partial charge in [0.1, 0.15) is 5.82 Å². The minimum absolute atomic E-state index is 0.00131. The van der Waals surface area contributed by atoms with Crippen LogP contribution in [0, 0.1) is 19.7 Å². The highest BCUT2D eigenvalue weighted by molar-refractivity contribution is 5.93. The predicted octanol–water partition coefficient (Wildman–Crippen LogP) is 4.22. The van der Waals surface area contributed by atoms with E-state index in [0.29, 0.717) is 6.54 Å². The molecule has 2 aromatic rings. The van der Waals surface area contributed by atoms with Crippen LogP contribution >= 0.6 is 0 Å². The standard InChI is InChI=1S/C20H23FN2O/c1-14-5-3-6-15(2)20(14)22-19(24)13-23-12-4-7-18(23)16-8-10-17(21)11-9-16/h3,5-6,8-11,18H,4,7,12-13H2,1-2H3,(H,22,24)/t18-/m1/s1. The maximum absolute atomic E-state index is 13.1. The Morgan fingerprint density at radius 1 is 1.17 bits per heavy atom. The Balaban J connectivity index is 1.68. The van der Waals surface area contributed by atoms with Crippen molar-refractivity contribution in [1.82, 2.24) is 4.90 Å². The highest BCUT2D eigenvalue weighted by atomic mass is 19.1. The Labute approximate surface area is 142 Å². The molecule has 126 valence electrons. The van der Waals surface area contributed by atoms with Crippen LogP contribution in [0.2, 0.25) is 0 Å². The number of amides is 1. The first-order valence-electron chi connectivity index (χ1n) is 8.40. The van der Waals surface area contributed by atoms with E-state index in [1.807, 2.05) is 44.2 Å². The summed E-state index contributed by atoms with van der Waals surface area (Å²) in [5.41, 5.74) is 4.12. The second-order valence-electron chi connectivity index (χ2n) is 6.50. The first-order valence-corrected chi connectivity index (χ1v) is 8.40. The van der Waals surface area contributed by atoms with Gasteiger partial charge >= 0.3 is 0 Å². The SMILES string of the molecule is Cc1cccc(C)c1NC(=O)CN1CCC[C@@H]1c1ccc(F)cc1. The first kappa shape index (κ1) is 16.7. The van der Waals surface area contributed by atoms with Gasteiger partial charge in [-0.2, -0.15) is 0 Å². The van der Waals surface area contributed by atoms with Crippen LogP contribution in [-0.4, -0.2) is 23.9 Å². The number of benzene rings is 2. The molecule has 3 nitrogen and oxygen atoms in total. The van der Waals surface area contributed by atoms with Crippen LogP contribution in [0.15, 0.2) is 42.5 Å². The van der Waals surface area contributed by atoms with E-state index in [9.17, 15) is 9.18 Å². The van der Waals surface area contributed by atoms with E-state index in [0.717, 1.165) is 41.8 Å². The van der Waals surface area contributed by atoms with Gasteiger partial charge in [0, 0.05) is 11.7 Å². The van der Waals surface area contributed by atoms with Gasteiger partial charge in [0.25, 0.3) is 0 Å². The molecule has 0 saturated carbocycles. The summed E-state index contributed by atoms with van der Waals surface area (Å²) < 4.78 is 13.1. The third kappa shape index (κ3) is 3.65. The molecule has 0 unspecified atom stereocenters. The number of aryl methyl sites for hydroxylation is 2. The van der Waals surface area contributed by atoms with E-state index in [2.05, 4.69) is 10.2 Å². The summed E-state index contributed by atoms with van der Waals surface area (Å²) in [6, 6.07) is 12.8. The number of nitrogens with one attached hydrogen (secondary N) is 1. The normalized spacial score (nSPS) is 17.9. The zero-order valence-electron chi connectivity index (χ0n) is 14.2. The molecular formula is C20H23FN2O. The Hall–Kier alpha value is -2.20. The largest absolute Gasteiger partial charge is 0.324 e. The molecule has 1 aliphatic rings. The number of hydrogen-bond acceptors (Lipinski definition) is 2. The summed E-state index contributed by atoms with van der Waals surface area (Å²) in [4.78, 5) is 14.7. The fraction of sp³-hybridized carbons (Fsp3) is 0.350. The maximum Gasteiger partial charge on any atom is 0.238 e. The maximum atomic E-state index is 13.1. The lowest BCUT2D eigenvalue weighted by Crippen LogP contribution is -2.33. The molecule has 1 atom stereocenters. The molecule has 24 heavy (non-hydrogen) atoms. The number of para-hydroxylation sites is 1. The Morgan fingerprint density at radius 3 is 2.50 bits per heavy atom. The molecule has 0 aliphatic carbocycles. The minimum Gasteiger partial charge on any atom is -0.324 e. The zero-order chi connectivity index (χ0) is 17.1. The quantitative estimate of drug-likeness (QED) is 0.912. The van der Waals surface area contributed by atoms with Gasteiger partial charge < -0.3 is 5.32 Å². The Morgan fingerprint density at radius 2 is 1.83 bits per heavy atom. The number of hydrogen-bond donors (Lipinski definition) is 1. The van der Waals surface area contributed by atoms with Gasteiger partial charge in [-0.25, -0.2) is 4.39 Å². The van der Waals surface area contributed by atoms with Crippen LogP contribution in [0.3, 0.4) is 0 Å². The van der Waals surface area contributed by atoms with Crippen LogP contribution in [0.1, 0.15) is 35.6 Å². The van der Waals surface area contributed by atoms with E-state index in [4.69, 9.17) is 0 Å². The van der Waals surface area contributed by atoms with Gasteiger partial charge in [-0.15, -0.1) is 0 Å². The van der Waals surface area contributed by atoms with Crippen LogP contribution in [0.5, 0.6) is 0 Å². The zero-order valence-corrected chi connectivity index (χ0v) is 14.2. The minimum atomic E-state index is -0.226. The number of halogens is 1. The van der Waals surface area contributed by atoms with Crippen LogP contribution < -0.4 is 5.32 Å². The lowest BCUT2D eigenvalue weighted by atomic mass is 10.0. The van der Waals surface area contributed by atoms with Crippen molar-refractivity contribution in [3.8, 4) is 0 Å². The van der Waals surface area contributed by atoms with Gasteiger partial charge in [0.05, 0.1) is 6.54 Å². The number of likely N-dealkylation sites (tertiary alicyclic amines) is 1. The van der Waals surface area contributed by atoms with Gasteiger partial charge in [-0.3, -0.25) is 9.69 Å². The van der Waals surface area contributed by atoms with E-state index < -0.39 is 0 Å². The molecule has 1 N–H and O–H groups in total. The van der Waals surface area contributed by atoms with E-state index in [-0.39, 0.29) is 17.8 Å². The summed E-state index contributed by atoms with van der Waals surface area (Å²) in [6.07, 6.45) is 2.06. The predicted molar refractivity (Wildman–Crippen MR) is 94.5 cm³/mol. The molecule has 1 saturated heterocycles. The molecule has 3 rings (SSSR count). The van der Waals surface area contributed by atoms with Crippen molar-refractivity contribution in [2.24, 2.45) is 0 Å². The van der Waals surface area contributed by atoms with Crippen molar-refractivity contribution < 1.29 is 9.18 Å². The highest BCUT2D eigenvalue weighted by Gasteiger charge is 2.27. The van der Waals surface area contributed by atoms with E-state index in [1.165, 1.54) is 12.1 Å². The lowest BCUT2D eigenvalue weighted by Gasteiger charge is -2.24. The summed E-state index contributed by atoms with van der Waals surface area (Å²) in [7, 11) is 0. The fourth-order valence-corrected chi connectivity index (χ4v) is 3.45. The second-order valence-corrected chi connectivity index (χ2v) is 6.50. The van der Waals surface area contributed by atoms with Crippen molar-refractivity contribution >= 4 is 11.6 Å². The van der Waals surface area contributed by atoms with Crippen LogP contribution in [-0.2, 0) is 4.79 Å². The Kier molecular flexibility index (Phi) is 4.95. The summed E-state index contributed by atoms with van der Waals surface area (Å²) >= 11 is 0. The smallest absolute Gasteiger partial charge is 0.238 e. The molecule has 1 heterocycles. The van der Waals surface area contributed by atoms with E-state index >= 15 is 0 Å². The summed E-state index contributed by atoms with van der Waals surface area (Å²) in [5, 5.41) is 3.05. The van der Waals surface area contributed by atoms with Crippen LogP contribution in [0.25, 0.3) is 0 Å². The Bertz CT molecular complexity index is 707. The fourth-order valence-electron chi connectivity index (χ4n) is 3.45. The molecular weight excluding hydrogens is 303 g/mol. The van der Waals surface area contributed by atoms with Gasteiger partial charge in [0.2, 0.25) is 5.91 Å². The van der Waals surface area contributed by atoms with E-state index in [1.54, 1.807) is 0 Å². The van der Waals surface area contributed by atoms with Crippen molar-refractivity contribution in [3.63, 3.8) is 0 Å². The summed E-state index contributed by atoms with van der Waals surface area (Å²) in [6.45, 7) is 5.25. The number of carbonyl (C=O) groups excluding carboxylic acids is 1. The number of carbonyl (C=O) groups is 1. The van der Waals surface area contributed by atoms with Crippen molar-refractivity contribution in [2.75, 3.05) is 18.4 Å². The molecule has 0 spiro atoms. The van der Waals surface area contributed by atoms with Crippen LogP contribution in [0.4, 0.5) is 10.1 Å². The summed E-state index contributed by atoms with van der Waals surface area (Å²) in [5.74, 6) is -0.225. The third-order valence-electron chi connectivity index (χ3n) is 4.71. The number of anilines is 1. The highest BCUT2D eigenvalue weighted by Crippen LogP contribution is 2.31. The van der Waals surface area contributed by atoms with Crippen molar-refractivity contribution in [1.29, 1.82) is 0 Å². The van der Waals surface area contributed by atoms with Gasteiger partial charge in [-0.1, -0.05) is 30.3 Å². The first-order chi connectivity index (χ1) is 11.5. The molecule has 0 bridgehead atoms. The average Bonchev–Trinajstić information content (AvgIpc) is 3.00. The molecule has 1 amide bonds. The topological polar surface area (TPSA) is 32.3 Å². The molecule has 4 heteroatoms.